The smallest absolute Gasteiger partial charge is 0.412 e. The van der Waals surface area contributed by atoms with Crippen molar-refractivity contribution in [3.05, 3.63) is 39.9 Å². The van der Waals surface area contributed by atoms with E-state index in [0.29, 0.717) is 0 Å². The lowest BCUT2D eigenvalue weighted by molar-refractivity contribution is -0.136. The standard InChI is InChI=1S/C19H23NO4S/c1-11-12(2)25-16-13(8-7-9-14(11)16)10-15(17(21)23-6)20-18(22)24-19(3,4)5/h7-10H,1-6H3,(H,20,22)/b15-10+. The van der Waals surface area contributed by atoms with Gasteiger partial charge >= 0.3 is 12.1 Å². The van der Waals surface area contributed by atoms with Gasteiger partial charge in [0.15, 0.2) is 0 Å². The number of alkyl carbamates (subject to hydrolysis) is 1. The Hall–Kier alpha value is -2.34. The normalized spacial score (nSPS) is 12.2. The van der Waals surface area contributed by atoms with Gasteiger partial charge in [0.2, 0.25) is 0 Å². The number of hydrogen-bond donors (Lipinski definition) is 1. The number of ether oxygens (including phenoxy) is 2. The fourth-order valence-electron chi connectivity index (χ4n) is 2.32. The van der Waals surface area contributed by atoms with Crippen molar-refractivity contribution in [1.82, 2.24) is 5.32 Å². The Balaban J connectivity index is 2.43. The molecule has 1 heterocycles. The van der Waals surface area contributed by atoms with Gasteiger partial charge in [-0.3, -0.25) is 5.32 Å². The Labute approximate surface area is 151 Å². The molecule has 0 aliphatic rings. The minimum Gasteiger partial charge on any atom is -0.464 e. The lowest BCUT2D eigenvalue weighted by Gasteiger charge is -2.20. The number of carbonyl (C=O) groups excluding carboxylic acids is 2. The number of rotatable bonds is 3. The second kappa shape index (κ2) is 7.27. The number of benzene rings is 1. The number of thiophene rings is 1. The second-order valence-corrected chi connectivity index (χ2v) is 7.91. The van der Waals surface area contributed by atoms with Gasteiger partial charge in [-0.05, 0) is 57.2 Å². The molecule has 134 valence electrons. The molecule has 2 rings (SSSR count). The molecule has 0 radical (unpaired) electrons. The van der Waals surface area contributed by atoms with Crippen molar-refractivity contribution >= 4 is 39.6 Å². The fraction of sp³-hybridized carbons (Fsp3) is 0.368. The third kappa shape index (κ3) is 4.60. The van der Waals surface area contributed by atoms with Gasteiger partial charge in [0.1, 0.15) is 11.3 Å². The summed E-state index contributed by atoms with van der Waals surface area (Å²) in [5.74, 6) is -0.632. The second-order valence-electron chi connectivity index (χ2n) is 6.68. The van der Waals surface area contributed by atoms with Crippen LogP contribution < -0.4 is 5.32 Å². The summed E-state index contributed by atoms with van der Waals surface area (Å²) in [6, 6.07) is 5.87. The third-order valence-corrected chi connectivity index (χ3v) is 4.85. The highest BCUT2D eigenvalue weighted by Crippen LogP contribution is 2.33. The van der Waals surface area contributed by atoms with E-state index in [2.05, 4.69) is 19.2 Å². The number of carbonyl (C=O) groups is 2. The highest BCUT2D eigenvalue weighted by atomic mass is 32.1. The van der Waals surface area contributed by atoms with Crippen LogP contribution in [0.1, 0.15) is 36.8 Å². The van der Waals surface area contributed by atoms with E-state index in [9.17, 15) is 9.59 Å². The molecule has 6 heteroatoms. The van der Waals surface area contributed by atoms with E-state index in [4.69, 9.17) is 9.47 Å². The van der Waals surface area contributed by atoms with Crippen molar-refractivity contribution in [2.45, 2.75) is 40.2 Å². The summed E-state index contributed by atoms with van der Waals surface area (Å²) >= 11 is 1.65. The Morgan fingerprint density at radius 2 is 1.88 bits per heavy atom. The van der Waals surface area contributed by atoms with Crippen LogP contribution in [0.15, 0.2) is 23.9 Å². The molecule has 0 bridgehead atoms. The van der Waals surface area contributed by atoms with Crippen molar-refractivity contribution in [2.24, 2.45) is 0 Å². The van der Waals surface area contributed by atoms with Crippen molar-refractivity contribution in [3.63, 3.8) is 0 Å². The molecule has 0 aliphatic carbocycles. The summed E-state index contributed by atoms with van der Waals surface area (Å²) in [5.41, 5.74) is 1.44. The molecule has 0 saturated heterocycles. The van der Waals surface area contributed by atoms with Crippen LogP contribution in [0, 0.1) is 13.8 Å². The number of hydrogen-bond acceptors (Lipinski definition) is 5. The van der Waals surface area contributed by atoms with Gasteiger partial charge < -0.3 is 9.47 Å². The number of nitrogens with one attached hydrogen (secondary N) is 1. The first-order valence-electron chi connectivity index (χ1n) is 7.91. The molecule has 2 aromatic rings. The molecule has 0 saturated carbocycles. The van der Waals surface area contributed by atoms with E-state index in [1.807, 2.05) is 18.2 Å². The zero-order chi connectivity index (χ0) is 18.8. The highest BCUT2D eigenvalue weighted by molar-refractivity contribution is 7.19. The molecular weight excluding hydrogens is 338 g/mol. The van der Waals surface area contributed by atoms with Gasteiger partial charge in [-0.2, -0.15) is 0 Å². The van der Waals surface area contributed by atoms with Crippen molar-refractivity contribution in [2.75, 3.05) is 7.11 Å². The number of amides is 1. The van der Waals surface area contributed by atoms with E-state index >= 15 is 0 Å². The molecule has 0 spiro atoms. The third-order valence-electron chi connectivity index (χ3n) is 3.57. The maximum atomic E-state index is 12.1. The van der Waals surface area contributed by atoms with Crippen molar-refractivity contribution in [3.8, 4) is 0 Å². The van der Waals surface area contributed by atoms with Gasteiger partial charge in [0.25, 0.3) is 0 Å². The van der Waals surface area contributed by atoms with Crippen LogP contribution in [0.2, 0.25) is 0 Å². The predicted molar refractivity (Wildman–Crippen MR) is 101 cm³/mol. The van der Waals surface area contributed by atoms with Crippen LogP contribution in [0.3, 0.4) is 0 Å². The first-order valence-corrected chi connectivity index (χ1v) is 8.72. The van der Waals surface area contributed by atoms with E-state index in [1.165, 1.54) is 17.6 Å². The van der Waals surface area contributed by atoms with Gasteiger partial charge in [0, 0.05) is 9.58 Å². The summed E-state index contributed by atoms with van der Waals surface area (Å²) in [7, 11) is 1.27. The minimum absolute atomic E-state index is 0.0351. The van der Waals surface area contributed by atoms with E-state index < -0.39 is 17.7 Å². The zero-order valence-corrected chi connectivity index (χ0v) is 16.2. The van der Waals surface area contributed by atoms with Crippen molar-refractivity contribution in [1.29, 1.82) is 0 Å². The lowest BCUT2D eigenvalue weighted by Crippen LogP contribution is -2.34. The maximum absolute atomic E-state index is 12.1. The first kappa shape index (κ1) is 19.0. The fourth-order valence-corrected chi connectivity index (χ4v) is 3.47. The molecule has 0 aliphatic heterocycles. The number of aryl methyl sites for hydroxylation is 2. The molecule has 1 N–H and O–H groups in total. The van der Waals surface area contributed by atoms with Crippen LogP contribution in [-0.2, 0) is 14.3 Å². The first-order chi connectivity index (χ1) is 11.6. The molecule has 25 heavy (non-hydrogen) atoms. The SMILES string of the molecule is COC(=O)/C(=C\c1cccc2c(C)c(C)sc12)NC(=O)OC(C)(C)C. The van der Waals surface area contributed by atoms with Crippen LogP contribution in [0.25, 0.3) is 16.2 Å². The number of fused-ring (bicyclic) bond motifs is 1. The molecular formula is C19H23NO4S. The molecule has 0 atom stereocenters. The summed E-state index contributed by atoms with van der Waals surface area (Å²) in [5, 5.41) is 3.63. The minimum atomic E-state index is -0.699. The highest BCUT2D eigenvalue weighted by Gasteiger charge is 2.20. The average Bonchev–Trinajstić information content (AvgIpc) is 2.80. The summed E-state index contributed by atoms with van der Waals surface area (Å²) in [6.45, 7) is 9.40. The van der Waals surface area contributed by atoms with Crippen LogP contribution >= 0.6 is 11.3 Å². The lowest BCUT2D eigenvalue weighted by atomic mass is 10.1. The largest absolute Gasteiger partial charge is 0.464 e. The monoisotopic (exact) mass is 361 g/mol. The quantitative estimate of drug-likeness (QED) is 0.643. The van der Waals surface area contributed by atoms with Gasteiger partial charge in [0.05, 0.1) is 7.11 Å². The topological polar surface area (TPSA) is 64.6 Å². The Morgan fingerprint density at radius 3 is 2.48 bits per heavy atom. The maximum Gasteiger partial charge on any atom is 0.412 e. The molecule has 0 fully saturated rings. The molecule has 5 nitrogen and oxygen atoms in total. The zero-order valence-electron chi connectivity index (χ0n) is 15.4. The van der Waals surface area contributed by atoms with Crippen LogP contribution in [-0.4, -0.2) is 24.8 Å². The van der Waals surface area contributed by atoms with E-state index in [-0.39, 0.29) is 5.70 Å². The average molecular weight is 361 g/mol. The van der Waals surface area contributed by atoms with Crippen LogP contribution in [0.4, 0.5) is 4.79 Å². The van der Waals surface area contributed by atoms with E-state index in [0.717, 1.165) is 15.6 Å². The van der Waals surface area contributed by atoms with Gasteiger partial charge in [-0.1, -0.05) is 18.2 Å². The Bertz CT molecular complexity index is 843. The van der Waals surface area contributed by atoms with Gasteiger partial charge in [-0.15, -0.1) is 11.3 Å². The van der Waals surface area contributed by atoms with Crippen molar-refractivity contribution < 1.29 is 19.1 Å². The Morgan fingerprint density at radius 1 is 1.20 bits per heavy atom. The molecule has 1 aromatic carbocycles. The summed E-state index contributed by atoms with van der Waals surface area (Å²) < 4.78 is 11.1. The predicted octanol–water partition coefficient (Wildman–Crippen LogP) is 4.56. The molecule has 0 unspecified atom stereocenters. The molecule has 1 aromatic heterocycles. The Kier molecular flexibility index (Phi) is 5.52. The summed E-state index contributed by atoms with van der Waals surface area (Å²) in [6.07, 6.45) is 0.919. The van der Waals surface area contributed by atoms with E-state index in [1.54, 1.807) is 38.2 Å². The number of methoxy groups -OCH3 is 1. The van der Waals surface area contributed by atoms with Gasteiger partial charge in [-0.25, -0.2) is 9.59 Å². The van der Waals surface area contributed by atoms with Crippen LogP contribution in [0.5, 0.6) is 0 Å². The number of esters is 1. The molecule has 1 amide bonds. The summed E-state index contributed by atoms with van der Waals surface area (Å²) in [4.78, 5) is 25.3.